The standard InChI is InChI=1S/C31H35FN8O2/c1-18-22(14-37(2)36-18)15-40-28-25(9-21(11-27(28)42-3)31(41)38-16-23(32)12-24(33)17-38)35-30(40)26-10-20-5-4-8-34-29(20)39(26)13-19-6-7-19/h4-5,8-11,14,19,23-24H,6-7,12-13,15-17,33H2,1-3H3/t23-,24-/m1/s1. The third kappa shape index (κ3) is 4.71. The Hall–Kier alpha value is -4.25. The quantitative estimate of drug-likeness (QED) is 0.316. The van der Waals surface area contributed by atoms with Gasteiger partial charge in [0.2, 0.25) is 0 Å². The van der Waals surface area contributed by atoms with Crippen molar-refractivity contribution in [2.24, 2.45) is 18.7 Å². The second-order valence-corrected chi connectivity index (χ2v) is 11.8. The largest absolute Gasteiger partial charge is 0.494 e. The van der Waals surface area contributed by atoms with Crippen LogP contribution in [0.1, 0.15) is 40.9 Å². The maximum Gasteiger partial charge on any atom is 0.254 e. The van der Waals surface area contributed by atoms with Crippen molar-refractivity contribution in [3.05, 3.63) is 59.5 Å². The highest BCUT2D eigenvalue weighted by Gasteiger charge is 2.31. The molecule has 1 aromatic carbocycles. The van der Waals surface area contributed by atoms with E-state index in [9.17, 15) is 9.18 Å². The number of nitrogens with zero attached hydrogens (tertiary/aromatic N) is 7. The molecule has 0 unspecified atom stereocenters. The lowest BCUT2D eigenvalue weighted by Crippen LogP contribution is -2.50. The number of likely N-dealkylation sites (tertiary alicyclic amines) is 1. The van der Waals surface area contributed by atoms with Gasteiger partial charge in [0, 0.05) is 55.1 Å². The molecule has 0 spiro atoms. The molecule has 1 saturated carbocycles. The minimum absolute atomic E-state index is 0.0289. The number of alkyl halides is 1. The van der Waals surface area contributed by atoms with E-state index in [-0.39, 0.29) is 24.9 Å². The van der Waals surface area contributed by atoms with E-state index in [1.54, 1.807) is 19.2 Å². The van der Waals surface area contributed by atoms with E-state index < -0.39 is 6.17 Å². The number of aromatic nitrogens is 6. The van der Waals surface area contributed by atoms with Crippen LogP contribution < -0.4 is 10.5 Å². The number of carbonyl (C=O) groups is 1. The lowest BCUT2D eigenvalue weighted by Gasteiger charge is -2.33. The summed E-state index contributed by atoms with van der Waals surface area (Å²) in [6.07, 6.45) is 5.37. The molecule has 1 amide bonds. The monoisotopic (exact) mass is 570 g/mol. The van der Waals surface area contributed by atoms with E-state index in [0.717, 1.165) is 45.9 Å². The van der Waals surface area contributed by atoms with Gasteiger partial charge in [0.15, 0.2) is 5.82 Å². The molecule has 5 heterocycles. The van der Waals surface area contributed by atoms with Gasteiger partial charge in [0.1, 0.15) is 23.1 Å². The number of carbonyl (C=O) groups excluding carboxylic acids is 1. The molecule has 2 atom stereocenters. The fourth-order valence-electron chi connectivity index (χ4n) is 6.27. The van der Waals surface area contributed by atoms with Crippen molar-refractivity contribution < 1.29 is 13.9 Å². The number of imidazole rings is 1. The molecule has 0 radical (unpaired) electrons. The van der Waals surface area contributed by atoms with Crippen LogP contribution in [-0.2, 0) is 20.1 Å². The predicted octanol–water partition coefficient (Wildman–Crippen LogP) is 4.07. The summed E-state index contributed by atoms with van der Waals surface area (Å²) >= 11 is 0. The van der Waals surface area contributed by atoms with Crippen LogP contribution >= 0.6 is 0 Å². The first kappa shape index (κ1) is 26.6. The molecule has 1 aliphatic heterocycles. The molecule has 42 heavy (non-hydrogen) atoms. The van der Waals surface area contributed by atoms with Crippen molar-refractivity contribution >= 4 is 28.0 Å². The molecule has 10 nitrogen and oxygen atoms in total. The molecule has 5 aromatic rings. The lowest BCUT2D eigenvalue weighted by molar-refractivity contribution is 0.0606. The Balaban J connectivity index is 1.42. The van der Waals surface area contributed by atoms with Crippen LogP contribution in [0.25, 0.3) is 33.6 Å². The van der Waals surface area contributed by atoms with Crippen LogP contribution in [0.4, 0.5) is 4.39 Å². The number of piperidine rings is 1. The molecule has 4 aromatic heterocycles. The number of rotatable bonds is 7. The zero-order valence-electron chi connectivity index (χ0n) is 24.1. The molecule has 1 aliphatic carbocycles. The van der Waals surface area contributed by atoms with E-state index in [1.807, 2.05) is 37.1 Å². The molecular weight excluding hydrogens is 535 g/mol. The number of hydrogen-bond acceptors (Lipinski definition) is 6. The van der Waals surface area contributed by atoms with Crippen LogP contribution in [0.5, 0.6) is 5.75 Å². The molecule has 1 saturated heterocycles. The van der Waals surface area contributed by atoms with Crippen molar-refractivity contribution in [1.82, 2.24) is 33.8 Å². The van der Waals surface area contributed by atoms with Gasteiger partial charge in [-0.2, -0.15) is 5.10 Å². The Morgan fingerprint density at radius 3 is 2.74 bits per heavy atom. The van der Waals surface area contributed by atoms with Crippen molar-refractivity contribution in [2.45, 2.75) is 51.5 Å². The summed E-state index contributed by atoms with van der Waals surface area (Å²) in [5, 5.41) is 5.61. The maximum absolute atomic E-state index is 14.3. The number of pyridine rings is 1. The number of hydrogen-bond donors (Lipinski definition) is 1. The number of amides is 1. The van der Waals surface area contributed by atoms with Gasteiger partial charge in [0.05, 0.1) is 37.1 Å². The molecule has 2 fully saturated rings. The normalized spacial score (nSPS) is 19.2. The number of ether oxygens (including phenoxy) is 1. The van der Waals surface area contributed by atoms with Gasteiger partial charge in [-0.3, -0.25) is 9.48 Å². The fourth-order valence-corrected chi connectivity index (χ4v) is 6.27. The molecule has 218 valence electrons. The minimum Gasteiger partial charge on any atom is -0.494 e. The smallest absolute Gasteiger partial charge is 0.254 e. The Bertz CT molecular complexity index is 1810. The Morgan fingerprint density at radius 2 is 2.02 bits per heavy atom. The Labute approximate surface area is 242 Å². The van der Waals surface area contributed by atoms with Gasteiger partial charge < -0.3 is 24.5 Å². The van der Waals surface area contributed by atoms with Crippen molar-refractivity contribution in [1.29, 1.82) is 0 Å². The van der Waals surface area contributed by atoms with E-state index >= 15 is 0 Å². The van der Waals surface area contributed by atoms with E-state index in [0.29, 0.717) is 35.8 Å². The Morgan fingerprint density at radius 1 is 1.19 bits per heavy atom. The molecule has 7 rings (SSSR count). The third-order valence-electron chi connectivity index (χ3n) is 8.46. The summed E-state index contributed by atoms with van der Waals surface area (Å²) in [4.78, 5) is 25.0. The summed E-state index contributed by atoms with van der Waals surface area (Å²) in [6.45, 7) is 3.72. The van der Waals surface area contributed by atoms with Gasteiger partial charge in [0.25, 0.3) is 5.91 Å². The third-order valence-corrected chi connectivity index (χ3v) is 8.46. The first-order chi connectivity index (χ1) is 20.3. The van der Waals surface area contributed by atoms with Crippen molar-refractivity contribution in [3.63, 3.8) is 0 Å². The maximum atomic E-state index is 14.3. The molecule has 11 heteroatoms. The summed E-state index contributed by atoms with van der Waals surface area (Å²) in [6, 6.07) is 9.30. The topological polar surface area (TPSA) is 109 Å². The van der Waals surface area contributed by atoms with Crippen LogP contribution in [0, 0.1) is 12.8 Å². The van der Waals surface area contributed by atoms with Gasteiger partial charge in [-0.1, -0.05) is 0 Å². The first-order valence-corrected chi connectivity index (χ1v) is 14.5. The van der Waals surface area contributed by atoms with Crippen LogP contribution in [0.3, 0.4) is 0 Å². The van der Waals surface area contributed by atoms with E-state index in [4.69, 9.17) is 20.4 Å². The number of aryl methyl sites for hydroxylation is 2. The minimum atomic E-state index is -1.14. The number of nitrogens with two attached hydrogens (primary N) is 1. The zero-order valence-corrected chi connectivity index (χ0v) is 24.1. The average molecular weight is 571 g/mol. The van der Waals surface area contributed by atoms with Gasteiger partial charge >= 0.3 is 0 Å². The molecular formula is C31H35FN8O2. The highest BCUT2D eigenvalue weighted by atomic mass is 19.1. The second kappa shape index (κ2) is 10.2. The Kier molecular flexibility index (Phi) is 6.49. The van der Waals surface area contributed by atoms with Crippen LogP contribution in [0.2, 0.25) is 0 Å². The van der Waals surface area contributed by atoms with Crippen molar-refractivity contribution in [3.8, 4) is 17.3 Å². The van der Waals surface area contributed by atoms with E-state index in [1.165, 1.54) is 17.7 Å². The molecule has 0 bridgehead atoms. The lowest BCUT2D eigenvalue weighted by atomic mass is 10.0. The number of fused-ring (bicyclic) bond motifs is 2. The predicted molar refractivity (Wildman–Crippen MR) is 158 cm³/mol. The van der Waals surface area contributed by atoms with Gasteiger partial charge in [-0.25, -0.2) is 14.4 Å². The first-order valence-electron chi connectivity index (χ1n) is 14.5. The summed E-state index contributed by atoms with van der Waals surface area (Å²) in [5.41, 5.74) is 11.7. The van der Waals surface area contributed by atoms with Crippen LogP contribution in [-0.4, -0.2) is 72.1 Å². The van der Waals surface area contributed by atoms with Crippen molar-refractivity contribution in [2.75, 3.05) is 20.2 Å². The second-order valence-electron chi connectivity index (χ2n) is 11.8. The van der Waals surface area contributed by atoms with E-state index in [2.05, 4.69) is 26.4 Å². The SMILES string of the molecule is COc1cc(C(=O)N2C[C@H](N)C[C@@H](F)C2)cc2nc(-c3cc4cccnc4n3CC3CC3)n(Cc3cn(C)nc3C)c12. The summed E-state index contributed by atoms with van der Waals surface area (Å²) in [7, 11) is 3.51. The number of methoxy groups -OCH3 is 1. The van der Waals surface area contributed by atoms with Gasteiger partial charge in [-0.15, -0.1) is 0 Å². The summed E-state index contributed by atoms with van der Waals surface area (Å²) < 4.78 is 26.5. The molecule has 2 aliphatic rings. The summed E-state index contributed by atoms with van der Waals surface area (Å²) in [5.74, 6) is 1.63. The molecule has 2 N–H and O–H groups in total. The van der Waals surface area contributed by atoms with Gasteiger partial charge in [-0.05, 0) is 62.4 Å². The highest BCUT2D eigenvalue weighted by molar-refractivity contribution is 6.00. The fraction of sp³-hybridized carbons (Fsp3) is 0.419. The number of benzene rings is 1. The zero-order chi connectivity index (χ0) is 29.1. The average Bonchev–Trinajstić information content (AvgIpc) is 3.49. The van der Waals surface area contributed by atoms with Crippen LogP contribution in [0.15, 0.2) is 42.7 Å². The number of halogens is 1. The highest BCUT2D eigenvalue weighted by Crippen LogP contribution is 2.38.